The predicted molar refractivity (Wildman–Crippen MR) is 92.6 cm³/mol. The number of hydrogen-bond donors (Lipinski definition) is 1. The number of hydrogen-bond acceptors (Lipinski definition) is 3. The molecule has 0 radical (unpaired) electrons. The molecular weight excluding hydrogens is 318 g/mol. The van der Waals surface area contributed by atoms with E-state index < -0.39 is 12.0 Å². The fourth-order valence-corrected chi connectivity index (χ4v) is 4.31. The predicted octanol–water partition coefficient (Wildman–Crippen LogP) is 3.33. The molecule has 3 atom stereocenters. The zero-order valence-corrected chi connectivity index (χ0v) is 14.4. The van der Waals surface area contributed by atoms with Crippen LogP contribution in [0.3, 0.4) is 0 Å². The van der Waals surface area contributed by atoms with Crippen molar-refractivity contribution in [1.29, 1.82) is 0 Å². The average molecular weight is 343 g/mol. The van der Waals surface area contributed by atoms with Crippen LogP contribution in [0.15, 0.2) is 24.3 Å². The summed E-state index contributed by atoms with van der Waals surface area (Å²) in [5, 5.41) is 9.58. The number of ether oxygens (including phenoxy) is 1. The number of amides is 1. The molecule has 1 N–H and O–H groups in total. The van der Waals surface area contributed by atoms with Crippen molar-refractivity contribution in [1.82, 2.24) is 4.90 Å². The normalized spacial score (nSPS) is 28.5. The quantitative estimate of drug-likeness (QED) is 0.890. The minimum atomic E-state index is -0.882. The van der Waals surface area contributed by atoms with Gasteiger partial charge in [-0.05, 0) is 68.2 Å². The minimum absolute atomic E-state index is 0.0770. The number of rotatable bonds is 5. The zero-order chi connectivity index (χ0) is 17.4. The van der Waals surface area contributed by atoms with Gasteiger partial charge >= 0.3 is 5.97 Å². The number of nitrogens with zero attached hydrogens (tertiary/aromatic N) is 1. The highest BCUT2D eigenvalue weighted by molar-refractivity contribution is 5.97. The maximum absolute atomic E-state index is 13.0. The van der Waals surface area contributed by atoms with Crippen LogP contribution in [0.2, 0.25) is 0 Å². The molecule has 0 spiro atoms. The largest absolute Gasteiger partial charge is 0.493 e. The Morgan fingerprint density at radius 3 is 2.48 bits per heavy atom. The Morgan fingerprint density at radius 2 is 1.80 bits per heavy atom. The van der Waals surface area contributed by atoms with Crippen molar-refractivity contribution in [2.45, 2.75) is 57.0 Å². The molecule has 3 unspecified atom stereocenters. The Morgan fingerprint density at radius 1 is 1.08 bits per heavy atom. The topological polar surface area (TPSA) is 66.8 Å². The van der Waals surface area contributed by atoms with Gasteiger partial charge in [0.15, 0.2) is 0 Å². The van der Waals surface area contributed by atoms with E-state index in [0.29, 0.717) is 23.8 Å². The molecule has 4 rings (SSSR count). The summed E-state index contributed by atoms with van der Waals surface area (Å²) >= 11 is 0. The van der Waals surface area contributed by atoms with Gasteiger partial charge in [0, 0.05) is 11.6 Å². The van der Waals surface area contributed by atoms with E-state index in [0.717, 1.165) is 38.0 Å². The molecule has 5 nitrogen and oxygen atoms in total. The minimum Gasteiger partial charge on any atom is -0.493 e. The lowest BCUT2D eigenvalue weighted by atomic mass is 9.84. The van der Waals surface area contributed by atoms with E-state index in [-0.39, 0.29) is 11.9 Å². The third-order valence-corrected chi connectivity index (χ3v) is 5.89. The highest BCUT2D eigenvalue weighted by Crippen LogP contribution is 2.40. The van der Waals surface area contributed by atoms with Crippen molar-refractivity contribution in [3.8, 4) is 5.75 Å². The van der Waals surface area contributed by atoms with E-state index in [4.69, 9.17) is 4.74 Å². The summed E-state index contributed by atoms with van der Waals surface area (Å²) in [5.74, 6) is 0.753. The van der Waals surface area contributed by atoms with Crippen molar-refractivity contribution < 1.29 is 19.4 Å². The lowest BCUT2D eigenvalue weighted by Gasteiger charge is -2.33. The molecule has 3 aliphatic rings. The first-order valence-electron chi connectivity index (χ1n) is 9.42. The summed E-state index contributed by atoms with van der Waals surface area (Å²) < 4.78 is 5.72. The molecule has 3 fully saturated rings. The van der Waals surface area contributed by atoms with Gasteiger partial charge in [0.2, 0.25) is 0 Å². The van der Waals surface area contributed by atoms with Crippen LogP contribution < -0.4 is 4.74 Å². The Kier molecular flexibility index (Phi) is 4.40. The van der Waals surface area contributed by atoms with Crippen LogP contribution in [0, 0.1) is 11.8 Å². The highest BCUT2D eigenvalue weighted by Gasteiger charge is 2.47. The van der Waals surface area contributed by atoms with Gasteiger partial charge in [-0.2, -0.15) is 0 Å². The molecule has 134 valence electrons. The van der Waals surface area contributed by atoms with E-state index in [2.05, 4.69) is 0 Å². The molecule has 2 aliphatic carbocycles. The van der Waals surface area contributed by atoms with Gasteiger partial charge in [-0.3, -0.25) is 4.79 Å². The van der Waals surface area contributed by atoms with Crippen LogP contribution >= 0.6 is 0 Å². The molecule has 1 heterocycles. The van der Waals surface area contributed by atoms with Crippen LogP contribution in [0.5, 0.6) is 5.75 Å². The maximum atomic E-state index is 13.0. The van der Waals surface area contributed by atoms with Gasteiger partial charge < -0.3 is 14.7 Å². The molecule has 0 bridgehead atoms. The van der Waals surface area contributed by atoms with Crippen molar-refractivity contribution in [2.75, 3.05) is 6.61 Å². The SMILES string of the molecule is O=C(O)C1CC2CCCCC2N1C(=O)c1ccc(OCC2CC2)cc1. The smallest absolute Gasteiger partial charge is 0.326 e. The van der Waals surface area contributed by atoms with Gasteiger partial charge in [0.1, 0.15) is 11.8 Å². The van der Waals surface area contributed by atoms with Crippen LogP contribution in [0.25, 0.3) is 0 Å². The number of carbonyl (C=O) groups is 2. The monoisotopic (exact) mass is 343 g/mol. The number of fused-ring (bicyclic) bond motifs is 1. The van der Waals surface area contributed by atoms with Gasteiger partial charge in [-0.25, -0.2) is 4.79 Å². The number of carboxylic acids is 1. The van der Waals surface area contributed by atoms with E-state index >= 15 is 0 Å². The van der Waals surface area contributed by atoms with Gasteiger partial charge in [0.25, 0.3) is 5.91 Å². The molecule has 1 aromatic rings. The lowest BCUT2D eigenvalue weighted by Crippen LogP contribution is -2.46. The highest BCUT2D eigenvalue weighted by atomic mass is 16.5. The van der Waals surface area contributed by atoms with Crippen LogP contribution in [0.4, 0.5) is 0 Å². The summed E-state index contributed by atoms with van der Waals surface area (Å²) in [4.78, 5) is 26.4. The number of aliphatic carboxylic acids is 1. The first-order chi connectivity index (χ1) is 12.1. The van der Waals surface area contributed by atoms with Crippen LogP contribution in [-0.4, -0.2) is 40.6 Å². The van der Waals surface area contributed by atoms with E-state index in [1.165, 1.54) is 12.8 Å². The van der Waals surface area contributed by atoms with E-state index in [1.54, 1.807) is 17.0 Å². The van der Waals surface area contributed by atoms with E-state index in [9.17, 15) is 14.7 Å². The van der Waals surface area contributed by atoms with E-state index in [1.807, 2.05) is 12.1 Å². The Hall–Kier alpha value is -2.04. The van der Waals surface area contributed by atoms with Crippen molar-refractivity contribution >= 4 is 11.9 Å². The second kappa shape index (κ2) is 6.70. The molecular formula is C20H25NO4. The third kappa shape index (κ3) is 3.37. The molecule has 1 aromatic carbocycles. The first-order valence-corrected chi connectivity index (χ1v) is 9.42. The average Bonchev–Trinajstić information content (AvgIpc) is 3.37. The number of carboxylic acid groups (broad SMARTS) is 1. The fraction of sp³-hybridized carbons (Fsp3) is 0.600. The standard InChI is InChI=1S/C20H25NO4/c22-19(14-7-9-16(10-8-14)25-12-13-5-6-13)21-17-4-2-1-3-15(17)11-18(21)20(23)24/h7-10,13,15,17-18H,1-6,11-12H2,(H,23,24). The molecule has 5 heteroatoms. The second-order valence-corrected chi connectivity index (χ2v) is 7.69. The summed E-state index contributed by atoms with van der Waals surface area (Å²) in [6.45, 7) is 0.740. The summed E-state index contributed by atoms with van der Waals surface area (Å²) in [5.41, 5.74) is 0.552. The Bertz CT molecular complexity index is 652. The van der Waals surface area contributed by atoms with Crippen molar-refractivity contribution in [3.63, 3.8) is 0 Å². The van der Waals surface area contributed by atoms with Gasteiger partial charge in [0.05, 0.1) is 6.61 Å². The lowest BCUT2D eigenvalue weighted by molar-refractivity contribution is -0.141. The van der Waals surface area contributed by atoms with Gasteiger partial charge in [-0.1, -0.05) is 12.8 Å². The third-order valence-electron chi connectivity index (χ3n) is 5.89. The molecule has 25 heavy (non-hydrogen) atoms. The second-order valence-electron chi connectivity index (χ2n) is 7.69. The van der Waals surface area contributed by atoms with Crippen LogP contribution in [-0.2, 0) is 4.79 Å². The number of carbonyl (C=O) groups excluding carboxylic acids is 1. The molecule has 1 amide bonds. The molecule has 1 saturated heterocycles. The summed E-state index contributed by atoms with van der Waals surface area (Å²) in [7, 11) is 0. The van der Waals surface area contributed by atoms with Crippen molar-refractivity contribution in [3.05, 3.63) is 29.8 Å². The first kappa shape index (κ1) is 16.4. The van der Waals surface area contributed by atoms with Crippen molar-refractivity contribution in [2.24, 2.45) is 11.8 Å². The Balaban J connectivity index is 1.50. The molecule has 0 aromatic heterocycles. The summed E-state index contributed by atoms with van der Waals surface area (Å²) in [6, 6.07) is 6.55. The number of likely N-dealkylation sites (tertiary alicyclic amines) is 1. The molecule has 1 aliphatic heterocycles. The zero-order valence-electron chi connectivity index (χ0n) is 14.4. The summed E-state index contributed by atoms with van der Waals surface area (Å²) in [6.07, 6.45) is 7.24. The Labute approximate surface area is 148 Å². The maximum Gasteiger partial charge on any atom is 0.326 e. The van der Waals surface area contributed by atoms with Gasteiger partial charge in [-0.15, -0.1) is 0 Å². The fourth-order valence-electron chi connectivity index (χ4n) is 4.31. The number of benzene rings is 1. The van der Waals surface area contributed by atoms with Crippen LogP contribution in [0.1, 0.15) is 55.3 Å². The molecule has 2 saturated carbocycles.